The summed E-state index contributed by atoms with van der Waals surface area (Å²) in [6, 6.07) is 11.0. The largest absolute Gasteiger partial charge is 0.486 e. The number of rotatable bonds is 3. The van der Waals surface area contributed by atoms with Crippen LogP contribution in [0.5, 0.6) is 11.5 Å². The number of hydrogen-bond acceptors (Lipinski definition) is 6. The molecular weight excluding hydrogens is 396 g/mol. The Morgan fingerprint density at radius 1 is 1.03 bits per heavy atom. The molecule has 0 unspecified atom stereocenters. The summed E-state index contributed by atoms with van der Waals surface area (Å²) in [6.45, 7) is 4.13. The molecule has 0 bridgehead atoms. The highest BCUT2D eigenvalue weighted by molar-refractivity contribution is 7.94. The van der Waals surface area contributed by atoms with Gasteiger partial charge in [-0.2, -0.15) is 0 Å². The maximum Gasteiger partial charge on any atom is 0.255 e. The van der Waals surface area contributed by atoms with Crippen molar-refractivity contribution in [2.24, 2.45) is 5.41 Å². The smallest absolute Gasteiger partial charge is 0.255 e. The number of carbonyl (C=O) groups is 2. The van der Waals surface area contributed by atoms with Crippen LogP contribution in [0.25, 0.3) is 0 Å². The number of fused-ring (bicyclic) bond motifs is 1. The number of anilines is 2. The molecule has 1 saturated heterocycles. The topological polar surface area (TPSA) is 102 Å². The molecule has 1 N–H and O–H groups in total. The van der Waals surface area contributed by atoms with E-state index in [0.717, 1.165) is 4.31 Å². The minimum absolute atomic E-state index is 0.219. The van der Waals surface area contributed by atoms with E-state index in [9.17, 15) is 18.0 Å². The predicted octanol–water partition coefficient (Wildman–Crippen LogP) is 2.41. The molecule has 2 aliphatic heterocycles. The monoisotopic (exact) mass is 416 g/mol. The molecule has 29 heavy (non-hydrogen) atoms. The summed E-state index contributed by atoms with van der Waals surface area (Å²) >= 11 is 0. The fourth-order valence-corrected chi connectivity index (χ4v) is 5.44. The molecule has 0 radical (unpaired) electrons. The molecule has 1 fully saturated rings. The Morgan fingerprint density at radius 2 is 1.69 bits per heavy atom. The van der Waals surface area contributed by atoms with Crippen molar-refractivity contribution in [1.29, 1.82) is 0 Å². The molecule has 2 amide bonds. The Hall–Kier alpha value is -3.07. The second kappa shape index (κ2) is 6.77. The van der Waals surface area contributed by atoms with Crippen molar-refractivity contribution < 1.29 is 27.5 Å². The highest BCUT2D eigenvalue weighted by atomic mass is 32.2. The standard InChI is InChI=1S/C20H20N2O6S/c1-20(2)12-29(25,26)22(19(20)24)15-6-3-13(4-7-15)18(23)21-14-5-8-16-17(11-14)28-10-9-27-16/h3-8,11H,9-10,12H2,1-2H3,(H,21,23). The average Bonchev–Trinajstić information content (AvgIpc) is 2.84. The molecular formula is C20H20N2O6S. The first-order valence-corrected chi connectivity index (χ1v) is 10.7. The lowest BCUT2D eigenvalue weighted by Gasteiger charge is -2.19. The maximum atomic E-state index is 12.5. The van der Waals surface area contributed by atoms with Gasteiger partial charge in [0.15, 0.2) is 11.5 Å². The van der Waals surface area contributed by atoms with E-state index in [1.54, 1.807) is 32.0 Å². The Labute approximate surface area is 168 Å². The average molecular weight is 416 g/mol. The number of amides is 2. The summed E-state index contributed by atoms with van der Waals surface area (Å²) in [5.74, 6) is 0.0866. The van der Waals surface area contributed by atoms with E-state index in [1.807, 2.05) is 0 Å². The van der Waals surface area contributed by atoms with Crippen LogP contribution in [0.15, 0.2) is 42.5 Å². The fraction of sp³-hybridized carbons (Fsp3) is 0.300. The summed E-state index contributed by atoms with van der Waals surface area (Å²) < 4.78 is 36.5. The molecule has 0 aromatic heterocycles. The molecule has 8 nitrogen and oxygen atoms in total. The summed E-state index contributed by atoms with van der Waals surface area (Å²) in [4.78, 5) is 25.0. The van der Waals surface area contributed by atoms with Gasteiger partial charge < -0.3 is 14.8 Å². The van der Waals surface area contributed by atoms with Crippen LogP contribution in [0.4, 0.5) is 11.4 Å². The van der Waals surface area contributed by atoms with Gasteiger partial charge in [-0.1, -0.05) is 0 Å². The number of sulfonamides is 1. The van der Waals surface area contributed by atoms with Gasteiger partial charge in [0, 0.05) is 17.3 Å². The van der Waals surface area contributed by atoms with Gasteiger partial charge in [-0.05, 0) is 50.2 Å². The second-order valence-corrected chi connectivity index (χ2v) is 9.39. The molecule has 2 aromatic rings. The van der Waals surface area contributed by atoms with Crippen LogP contribution in [0, 0.1) is 5.41 Å². The second-order valence-electron chi connectivity index (χ2n) is 7.57. The normalized spacial score (nSPS) is 19.1. The molecule has 2 aliphatic rings. The van der Waals surface area contributed by atoms with Crippen molar-refractivity contribution in [2.45, 2.75) is 13.8 Å². The van der Waals surface area contributed by atoms with Crippen LogP contribution in [-0.2, 0) is 14.8 Å². The van der Waals surface area contributed by atoms with E-state index in [4.69, 9.17) is 9.47 Å². The first-order chi connectivity index (χ1) is 13.7. The van der Waals surface area contributed by atoms with Crippen LogP contribution in [0.3, 0.4) is 0 Å². The Balaban J connectivity index is 1.52. The third kappa shape index (κ3) is 3.53. The highest BCUT2D eigenvalue weighted by Crippen LogP contribution is 2.36. The van der Waals surface area contributed by atoms with Gasteiger partial charge >= 0.3 is 0 Å². The molecule has 0 atom stereocenters. The quantitative estimate of drug-likeness (QED) is 0.824. The first kappa shape index (κ1) is 19.3. The fourth-order valence-electron chi connectivity index (χ4n) is 3.33. The number of nitrogens with zero attached hydrogens (tertiary/aromatic N) is 1. The third-order valence-electron chi connectivity index (χ3n) is 4.75. The lowest BCUT2D eigenvalue weighted by molar-refractivity contribution is -0.123. The summed E-state index contributed by atoms with van der Waals surface area (Å²) in [6.07, 6.45) is 0. The van der Waals surface area contributed by atoms with Crippen molar-refractivity contribution in [1.82, 2.24) is 0 Å². The number of carbonyl (C=O) groups excluding carboxylic acids is 2. The van der Waals surface area contributed by atoms with Crippen LogP contribution in [0.1, 0.15) is 24.2 Å². The van der Waals surface area contributed by atoms with E-state index >= 15 is 0 Å². The zero-order chi connectivity index (χ0) is 20.8. The summed E-state index contributed by atoms with van der Waals surface area (Å²) in [5.41, 5.74) is 0.110. The zero-order valence-electron chi connectivity index (χ0n) is 16.0. The van der Waals surface area contributed by atoms with E-state index in [0.29, 0.717) is 36.0 Å². The first-order valence-electron chi connectivity index (χ1n) is 9.06. The van der Waals surface area contributed by atoms with Gasteiger partial charge in [0.25, 0.3) is 5.91 Å². The van der Waals surface area contributed by atoms with Crippen molar-refractivity contribution in [3.8, 4) is 11.5 Å². The van der Waals surface area contributed by atoms with Crippen molar-refractivity contribution in [2.75, 3.05) is 28.6 Å². The van der Waals surface area contributed by atoms with Gasteiger partial charge in [0.05, 0.1) is 16.9 Å². The van der Waals surface area contributed by atoms with Gasteiger partial charge in [0.2, 0.25) is 15.9 Å². The minimum Gasteiger partial charge on any atom is -0.486 e. The van der Waals surface area contributed by atoms with Crippen LogP contribution < -0.4 is 19.1 Å². The number of benzene rings is 2. The Bertz CT molecular complexity index is 1090. The molecule has 0 aliphatic carbocycles. The van der Waals surface area contributed by atoms with Crippen molar-refractivity contribution in [3.63, 3.8) is 0 Å². The Kier molecular flexibility index (Phi) is 4.49. The Morgan fingerprint density at radius 3 is 2.31 bits per heavy atom. The molecule has 2 heterocycles. The van der Waals surface area contributed by atoms with E-state index in [-0.39, 0.29) is 17.3 Å². The van der Waals surface area contributed by atoms with Crippen LogP contribution in [-0.4, -0.2) is 39.2 Å². The van der Waals surface area contributed by atoms with E-state index in [1.165, 1.54) is 24.3 Å². The number of nitrogens with one attached hydrogen (secondary N) is 1. The molecule has 2 aromatic carbocycles. The van der Waals surface area contributed by atoms with Gasteiger partial charge in [-0.25, -0.2) is 12.7 Å². The highest BCUT2D eigenvalue weighted by Gasteiger charge is 2.49. The van der Waals surface area contributed by atoms with Crippen LogP contribution in [0.2, 0.25) is 0 Å². The lowest BCUT2D eigenvalue weighted by atomic mass is 9.95. The SMILES string of the molecule is CC1(C)CS(=O)(=O)N(c2ccc(C(=O)Nc3ccc4c(c3)OCCO4)cc2)C1=O. The zero-order valence-corrected chi connectivity index (χ0v) is 16.8. The predicted molar refractivity (Wildman–Crippen MR) is 107 cm³/mol. The third-order valence-corrected chi connectivity index (χ3v) is 6.77. The van der Waals surface area contributed by atoms with Gasteiger partial charge in [-0.15, -0.1) is 0 Å². The summed E-state index contributed by atoms with van der Waals surface area (Å²) in [7, 11) is -3.73. The summed E-state index contributed by atoms with van der Waals surface area (Å²) in [5, 5.41) is 2.76. The molecule has 0 spiro atoms. The van der Waals surface area contributed by atoms with Crippen LogP contribution >= 0.6 is 0 Å². The van der Waals surface area contributed by atoms with Gasteiger partial charge in [-0.3, -0.25) is 9.59 Å². The van der Waals surface area contributed by atoms with E-state index in [2.05, 4.69) is 5.32 Å². The maximum absolute atomic E-state index is 12.5. The van der Waals surface area contributed by atoms with Crippen molar-refractivity contribution in [3.05, 3.63) is 48.0 Å². The minimum atomic E-state index is -3.73. The lowest BCUT2D eigenvalue weighted by Crippen LogP contribution is -2.32. The molecule has 152 valence electrons. The number of hydrogen-bond donors (Lipinski definition) is 1. The molecule has 0 saturated carbocycles. The van der Waals surface area contributed by atoms with Crippen molar-refractivity contribution >= 4 is 33.2 Å². The van der Waals surface area contributed by atoms with Gasteiger partial charge in [0.1, 0.15) is 13.2 Å². The number of ether oxygens (including phenoxy) is 2. The van der Waals surface area contributed by atoms with E-state index < -0.39 is 21.3 Å². The molecule has 4 rings (SSSR count). The molecule has 9 heteroatoms.